The number of esters is 1. The second-order valence-electron chi connectivity index (χ2n) is 4.46. The van der Waals surface area contributed by atoms with Crippen LogP contribution in [0.2, 0.25) is 0 Å². The molecule has 116 valence electrons. The highest BCUT2D eigenvalue weighted by atomic mass is 16.5. The van der Waals surface area contributed by atoms with Crippen LogP contribution in [0.1, 0.15) is 22.3 Å². The van der Waals surface area contributed by atoms with E-state index in [1.54, 1.807) is 12.1 Å². The Bertz CT molecular complexity index is 590. The molecule has 0 aliphatic heterocycles. The number of rotatable bonds is 7. The van der Waals surface area contributed by atoms with E-state index in [-0.39, 0.29) is 32.0 Å². The molecule has 1 aromatic carbocycles. The van der Waals surface area contributed by atoms with Gasteiger partial charge in [0.2, 0.25) is 0 Å². The maximum Gasteiger partial charge on any atom is 0.308 e. The minimum atomic E-state index is -0.569. The molecule has 0 saturated carbocycles. The third-order valence-corrected chi connectivity index (χ3v) is 2.76. The van der Waals surface area contributed by atoms with Crippen LogP contribution in [0.3, 0.4) is 0 Å². The van der Waals surface area contributed by atoms with Gasteiger partial charge in [0.25, 0.3) is 11.8 Å². The summed E-state index contributed by atoms with van der Waals surface area (Å²) in [5, 5.41) is 4.99. The Morgan fingerprint density at radius 2 is 1.95 bits per heavy atom. The number of ether oxygens (including phenoxy) is 1. The second kappa shape index (κ2) is 9.19. The molecule has 0 radical (unpaired) electrons. The lowest BCUT2D eigenvalue weighted by Gasteiger charge is -2.07. The number of carbonyl (C=O) groups is 3. The first-order valence-electron chi connectivity index (χ1n) is 6.74. The number of carbonyl (C=O) groups excluding carboxylic acids is 3. The molecule has 0 aliphatic carbocycles. The standard InChI is InChI=1S/C16H18N2O4/c1-3-9-17-14(19)11-22-15(20)8-10-18-16(21)13-7-5-4-6-12(13)2/h1,4-7H,8-11H2,2H3,(H,17,19)(H,18,21). The fourth-order valence-electron chi connectivity index (χ4n) is 1.62. The molecule has 0 bridgehead atoms. The van der Waals surface area contributed by atoms with Gasteiger partial charge in [-0.05, 0) is 18.6 Å². The summed E-state index contributed by atoms with van der Waals surface area (Å²) in [5.74, 6) is 0.950. The topological polar surface area (TPSA) is 84.5 Å². The average molecular weight is 302 g/mol. The zero-order valence-electron chi connectivity index (χ0n) is 12.3. The molecule has 2 N–H and O–H groups in total. The first-order valence-corrected chi connectivity index (χ1v) is 6.74. The van der Waals surface area contributed by atoms with Crippen molar-refractivity contribution in [2.45, 2.75) is 13.3 Å². The summed E-state index contributed by atoms with van der Waals surface area (Å²) in [5.41, 5.74) is 1.41. The largest absolute Gasteiger partial charge is 0.456 e. The molecule has 1 rings (SSSR count). The van der Waals surface area contributed by atoms with E-state index in [1.165, 1.54) is 0 Å². The van der Waals surface area contributed by atoms with Crippen LogP contribution in [0.15, 0.2) is 24.3 Å². The van der Waals surface area contributed by atoms with Gasteiger partial charge in [-0.3, -0.25) is 14.4 Å². The van der Waals surface area contributed by atoms with Gasteiger partial charge < -0.3 is 15.4 Å². The Labute approximate surface area is 129 Å². The molecule has 0 spiro atoms. The number of nitrogens with one attached hydrogen (secondary N) is 2. The number of hydrogen-bond acceptors (Lipinski definition) is 4. The number of aryl methyl sites for hydroxylation is 1. The predicted octanol–water partition coefficient (Wildman–Crippen LogP) is 0.408. The summed E-state index contributed by atoms with van der Waals surface area (Å²) in [6.07, 6.45) is 4.96. The fraction of sp³-hybridized carbons (Fsp3) is 0.312. The van der Waals surface area contributed by atoms with E-state index in [9.17, 15) is 14.4 Å². The Balaban J connectivity index is 2.25. The van der Waals surface area contributed by atoms with E-state index in [1.807, 2.05) is 19.1 Å². The van der Waals surface area contributed by atoms with E-state index in [0.717, 1.165) is 5.56 Å². The molecule has 0 fully saturated rings. The van der Waals surface area contributed by atoms with Gasteiger partial charge in [-0.2, -0.15) is 0 Å². The van der Waals surface area contributed by atoms with Crippen LogP contribution in [-0.2, 0) is 14.3 Å². The van der Waals surface area contributed by atoms with Crippen LogP contribution in [0, 0.1) is 19.3 Å². The SMILES string of the molecule is C#CCNC(=O)COC(=O)CCNC(=O)c1ccccc1C. The quantitative estimate of drug-likeness (QED) is 0.564. The summed E-state index contributed by atoms with van der Waals surface area (Å²) in [6, 6.07) is 7.15. The molecule has 0 saturated heterocycles. The first-order chi connectivity index (χ1) is 10.5. The average Bonchev–Trinajstić information content (AvgIpc) is 2.51. The minimum absolute atomic E-state index is 0.0138. The molecule has 6 nitrogen and oxygen atoms in total. The Kier molecular flexibility index (Phi) is 7.20. The van der Waals surface area contributed by atoms with Crippen molar-refractivity contribution in [2.24, 2.45) is 0 Å². The highest BCUT2D eigenvalue weighted by molar-refractivity contribution is 5.95. The zero-order valence-corrected chi connectivity index (χ0v) is 12.3. The van der Waals surface area contributed by atoms with Crippen LogP contribution in [-0.4, -0.2) is 37.5 Å². The van der Waals surface area contributed by atoms with Gasteiger partial charge in [0.15, 0.2) is 6.61 Å². The Hall–Kier alpha value is -2.81. The molecule has 0 heterocycles. The summed E-state index contributed by atoms with van der Waals surface area (Å²) in [6.45, 7) is 1.67. The van der Waals surface area contributed by atoms with Gasteiger partial charge in [0.1, 0.15) is 0 Å². The van der Waals surface area contributed by atoms with Crippen molar-refractivity contribution in [3.63, 3.8) is 0 Å². The summed E-state index contributed by atoms with van der Waals surface area (Å²) < 4.78 is 4.74. The van der Waals surface area contributed by atoms with Gasteiger partial charge in [0.05, 0.1) is 13.0 Å². The highest BCUT2D eigenvalue weighted by Crippen LogP contribution is 2.06. The minimum Gasteiger partial charge on any atom is -0.456 e. The van der Waals surface area contributed by atoms with Crippen LogP contribution in [0.5, 0.6) is 0 Å². The van der Waals surface area contributed by atoms with Crippen molar-refractivity contribution in [2.75, 3.05) is 19.7 Å². The summed E-state index contributed by atoms with van der Waals surface area (Å²) in [7, 11) is 0. The Morgan fingerprint density at radius 3 is 2.64 bits per heavy atom. The van der Waals surface area contributed by atoms with Crippen molar-refractivity contribution >= 4 is 17.8 Å². The van der Waals surface area contributed by atoms with Gasteiger partial charge in [-0.25, -0.2) is 0 Å². The molecule has 1 aromatic rings. The summed E-state index contributed by atoms with van der Waals surface area (Å²) in [4.78, 5) is 34.5. The van der Waals surface area contributed by atoms with Gasteiger partial charge in [-0.1, -0.05) is 24.1 Å². The zero-order chi connectivity index (χ0) is 16.4. The van der Waals surface area contributed by atoms with E-state index < -0.39 is 11.9 Å². The third kappa shape index (κ3) is 6.09. The normalized spacial score (nSPS) is 9.45. The van der Waals surface area contributed by atoms with E-state index in [0.29, 0.717) is 5.56 Å². The van der Waals surface area contributed by atoms with Crippen LogP contribution in [0.25, 0.3) is 0 Å². The van der Waals surface area contributed by atoms with Crippen LogP contribution < -0.4 is 10.6 Å². The van der Waals surface area contributed by atoms with Crippen molar-refractivity contribution in [1.29, 1.82) is 0 Å². The lowest BCUT2D eigenvalue weighted by atomic mass is 10.1. The fourth-order valence-corrected chi connectivity index (χ4v) is 1.62. The number of terminal acetylenes is 1. The maximum absolute atomic E-state index is 11.9. The molecule has 0 aromatic heterocycles. The van der Waals surface area contributed by atoms with E-state index in [2.05, 4.69) is 16.6 Å². The maximum atomic E-state index is 11.9. The van der Waals surface area contributed by atoms with Crippen molar-refractivity contribution in [3.05, 3.63) is 35.4 Å². The monoisotopic (exact) mass is 302 g/mol. The third-order valence-electron chi connectivity index (χ3n) is 2.76. The van der Waals surface area contributed by atoms with Crippen LogP contribution in [0.4, 0.5) is 0 Å². The number of amides is 2. The van der Waals surface area contributed by atoms with Gasteiger partial charge in [-0.15, -0.1) is 6.42 Å². The number of benzene rings is 1. The second-order valence-corrected chi connectivity index (χ2v) is 4.46. The van der Waals surface area contributed by atoms with Gasteiger partial charge in [0, 0.05) is 12.1 Å². The smallest absolute Gasteiger partial charge is 0.308 e. The molecule has 6 heteroatoms. The van der Waals surface area contributed by atoms with Gasteiger partial charge >= 0.3 is 5.97 Å². The Morgan fingerprint density at radius 1 is 1.23 bits per heavy atom. The van der Waals surface area contributed by atoms with E-state index in [4.69, 9.17) is 11.2 Å². The first kappa shape index (κ1) is 17.2. The van der Waals surface area contributed by atoms with Crippen molar-refractivity contribution < 1.29 is 19.1 Å². The van der Waals surface area contributed by atoms with Crippen molar-refractivity contribution in [1.82, 2.24) is 10.6 Å². The highest BCUT2D eigenvalue weighted by Gasteiger charge is 2.10. The molecule has 0 aliphatic rings. The number of hydrogen-bond donors (Lipinski definition) is 2. The molecular formula is C16H18N2O4. The molecular weight excluding hydrogens is 284 g/mol. The molecule has 2 amide bonds. The van der Waals surface area contributed by atoms with Crippen LogP contribution >= 0.6 is 0 Å². The van der Waals surface area contributed by atoms with Crippen molar-refractivity contribution in [3.8, 4) is 12.3 Å². The lowest BCUT2D eigenvalue weighted by molar-refractivity contribution is -0.148. The molecule has 0 atom stereocenters. The summed E-state index contributed by atoms with van der Waals surface area (Å²) >= 11 is 0. The lowest BCUT2D eigenvalue weighted by Crippen LogP contribution is -2.30. The van der Waals surface area contributed by atoms with E-state index >= 15 is 0 Å². The predicted molar refractivity (Wildman–Crippen MR) is 80.9 cm³/mol. The molecule has 0 unspecified atom stereocenters. The molecule has 22 heavy (non-hydrogen) atoms.